The molecule has 69 heavy (non-hydrogen) atoms. The maximum Gasteiger partial charge on any atom is 0.163 e. The van der Waals surface area contributed by atoms with E-state index >= 15 is 0 Å². The van der Waals surface area contributed by atoms with Crippen LogP contribution in [0.5, 0.6) is 0 Å². The minimum atomic E-state index is -0.803. The molecule has 0 aromatic heterocycles. The van der Waals surface area contributed by atoms with Crippen molar-refractivity contribution < 1.29 is 55.5 Å². The third-order valence-electron chi connectivity index (χ3n) is 12.2. The second kappa shape index (κ2) is 45.5. The van der Waals surface area contributed by atoms with Crippen molar-refractivity contribution in [2.24, 2.45) is 17.8 Å². The molecule has 12 nitrogen and oxygen atoms in total. The standard InChI is InChI=1S/C20H30O3.C17H26O3.C12H20O2.C5H7BrO.CH4O.ClH2NO/c1-4-17(21)13-9-6-10-14-18-19(23-20(2,3)22-18)15-16-11-7-5-8-12-16;1-2-15(18)11-7-4-8-12-16(19)17(20)13-14-9-5-3-6-10-14;1-2-6-11(13)12(14)9-10-7-4-3-5-8-10;1-2-5(7)3-4-6;1-2;1-2-3/h16-19,21H,4-5,7-8,11-12,14-15H2,1-3H3;14-20H,2-3,5-6,9-10,12-13H2,1H3;1,10-14H,3-9H2;5,7H,2H2,1H3;2H,1H3;2-3H/t17-,18+,19+;15-,16+,17+;11-,12-;5-;;/m0010../s1. The summed E-state index contributed by atoms with van der Waals surface area (Å²) in [6, 6.07) is 0. The van der Waals surface area contributed by atoms with Crippen molar-refractivity contribution >= 4 is 27.7 Å². The van der Waals surface area contributed by atoms with Gasteiger partial charge >= 0.3 is 0 Å². The normalized spacial score (nSPS) is 21.4. The van der Waals surface area contributed by atoms with Crippen LogP contribution in [0.4, 0.5) is 0 Å². The Morgan fingerprint density at radius 2 is 0.957 bits per heavy atom. The molecule has 3 saturated carbocycles. The summed E-state index contributed by atoms with van der Waals surface area (Å²) in [4.78, 5) is 3.65. The van der Waals surface area contributed by atoms with E-state index in [1.54, 1.807) is 0 Å². The molecule has 4 fully saturated rings. The quantitative estimate of drug-likeness (QED) is 0.0455. The minimum absolute atomic E-state index is 0.0253. The summed E-state index contributed by atoms with van der Waals surface area (Å²) >= 11 is 7.17. The summed E-state index contributed by atoms with van der Waals surface area (Å²) in [5.41, 5.74) is 0. The highest BCUT2D eigenvalue weighted by atomic mass is 79.9. The summed E-state index contributed by atoms with van der Waals surface area (Å²) < 4.78 is 12.1. The van der Waals surface area contributed by atoms with Crippen LogP contribution >= 0.6 is 27.7 Å². The van der Waals surface area contributed by atoms with Gasteiger partial charge in [0.2, 0.25) is 0 Å². The molecule has 3 aliphatic carbocycles. The van der Waals surface area contributed by atoms with Crippen molar-refractivity contribution in [3.63, 3.8) is 0 Å². The van der Waals surface area contributed by atoms with Gasteiger partial charge in [-0.3, -0.25) is 0 Å². The number of aliphatic hydroxyl groups excluding tert-OH is 8. The first kappa shape index (κ1) is 68.7. The summed E-state index contributed by atoms with van der Waals surface area (Å²) in [5, 5.41) is 80.2. The van der Waals surface area contributed by atoms with Crippen molar-refractivity contribution in [3.05, 3.63) is 0 Å². The lowest BCUT2D eigenvalue weighted by atomic mass is 9.84. The third-order valence-corrected chi connectivity index (χ3v) is 12.4. The van der Waals surface area contributed by atoms with Gasteiger partial charge in [0.25, 0.3) is 0 Å². The van der Waals surface area contributed by atoms with Crippen LogP contribution in [-0.4, -0.2) is 114 Å². The van der Waals surface area contributed by atoms with Gasteiger partial charge in [-0.15, -0.1) is 17.3 Å². The van der Waals surface area contributed by atoms with E-state index in [0.717, 1.165) is 32.3 Å². The number of aliphatic hydroxyl groups is 8. The number of ether oxygens (including phenoxy) is 2. The Labute approximate surface area is 431 Å². The van der Waals surface area contributed by atoms with Gasteiger partial charge in [-0.2, -0.15) is 0 Å². The average molecular weight is 1060 g/mol. The van der Waals surface area contributed by atoms with Crippen LogP contribution in [0.15, 0.2) is 0 Å². The molecule has 4 aliphatic rings. The topological polar surface area (TPSA) is 213 Å². The zero-order valence-corrected chi connectivity index (χ0v) is 44.9. The smallest absolute Gasteiger partial charge is 0.163 e. The number of halogens is 2. The molecule has 394 valence electrons. The lowest BCUT2D eigenvalue weighted by Gasteiger charge is -2.25. The van der Waals surface area contributed by atoms with E-state index in [0.29, 0.717) is 50.4 Å². The number of hydrogen-bond donors (Lipinski definition) is 10. The van der Waals surface area contributed by atoms with E-state index in [-0.39, 0.29) is 25.0 Å². The molecule has 0 aromatic carbocycles. The molecular formula is C55H89BrClNO11. The molecule has 1 heterocycles. The average Bonchev–Trinajstić information content (AvgIpc) is 3.65. The zero-order chi connectivity index (χ0) is 52.3. The summed E-state index contributed by atoms with van der Waals surface area (Å²) in [5.74, 6) is 28.1. The van der Waals surface area contributed by atoms with E-state index in [1.165, 1.54) is 88.5 Å². The van der Waals surface area contributed by atoms with Gasteiger partial charge in [0.1, 0.15) is 18.3 Å². The Morgan fingerprint density at radius 1 is 0.580 bits per heavy atom. The Morgan fingerprint density at radius 3 is 1.35 bits per heavy atom. The molecule has 0 radical (unpaired) electrons. The lowest BCUT2D eigenvalue weighted by Crippen LogP contribution is -2.28. The number of nitrogens with one attached hydrogen (secondary N) is 1. The fraction of sp³-hybridized carbons (Fsp3) is 0.782. The van der Waals surface area contributed by atoms with Crippen LogP contribution in [0.2, 0.25) is 0 Å². The molecule has 4 rings (SSSR count). The van der Waals surface area contributed by atoms with Crippen molar-refractivity contribution in [2.75, 3.05) is 7.11 Å². The van der Waals surface area contributed by atoms with Crippen molar-refractivity contribution in [3.8, 4) is 70.5 Å². The molecule has 9 atom stereocenters. The first-order valence-corrected chi connectivity index (χ1v) is 26.3. The largest absolute Gasteiger partial charge is 0.400 e. The molecule has 1 saturated heterocycles. The van der Waals surface area contributed by atoms with E-state index in [1.807, 2.05) is 34.6 Å². The van der Waals surface area contributed by atoms with Crippen molar-refractivity contribution in [2.45, 2.75) is 249 Å². The first-order valence-electron chi connectivity index (χ1n) is 25.2. The predicted octanol–water partition coefficient (Wildman–Crippen LogP) is 8.03. The van der Waals surface area contributed by atoms with E-state index < -0.39 is 48.5 Å². The van der Waals surface area contributed by atoms with Crippen LogP contribution in [0, 0.1) is 88.2 Å². The Hall–Kier alpha value is -2.35. The summed E-state index contributed by atoms with van der Waals surface area (Å²) in [7, 11) is 1.00. The van der Waals surface area contributed by atoms with E-state index in [2.05, 4.69) is 91.7 Å². The predicted molar refractivity (Wildman–Crippen MR) is 280 cm³/mol. The summed E-state index contributed by atoms with van der Waals surface area (Å²) in [6.07, 6.45) is 25.2. The minimum Gasteiger partial charge on any atom is -0.400 e. The Balaban J connectivity index is 0. The molecule has 0 unspecified atom stereocenters. The second-order valence-corrected chi connectivity index (χ2v) is 18.8. The molecular weight excluding hydrogens is 966 g/mol. The second-order valence-electron chi connectivity index (χ2n) is 18.3. The van der Waals surface area contributed by atoms with Gasteiger partial charge in [-0.1, -0.05) is 147 Å². The van der Waals surface area contributed by atoms with Crippen molar-refractivity contribution in [1.82, 2.24) is 5.00 Å². The molecule has 10 N–H and O–H groups in total. The Kier molecular flexibility index (Phi) is 45.3. The van der Waals surface area contributed by atoms with Gasteiger partial charge in [-0.25, -0.2) is 0 Å². The van der Waals surface area contributed by atoms with Crippen LogP contribution in [0.25, 0.3) is 0 Å². The maximum absolute atomic E-state index is 9.96. The Bertz CT molecular complexity index is 1620. The highest BCUT2D eigenvalue weighted by Crippen LogP contribution is 2.37. The van der Waals surface area contributed by atoms with Crippen LogP contribution < -0.4 is 5.00 Å². The molecule has 1 aliphatic heterocycles. The maximum atomic E-state index is 9.96. The zero-order valence-electron chi connectivity index (χ0n) is 42.6. The van der Waals surface area contributed by atoms with Gasteiger partial charge in [0, 0.05) is 54.1 Å². The fourth-order valence-electron chi connectivity index (χ4n) is 8.27. The number of rotatable bonds is 14. The fourth-order valence-corrected chi connectivity index (χ4v) is 8.54. The van der Waals surface area contributed by atoms with Crippen molar-refractivity contribution in [1.29, 1.82) is 0 Å². The first-order chi connectivity index (χ1) is 33.1. The van der Waals surface area contributed by atoms with Gasteiger partial charge in [-0.05, 0) is 98.6 Å². The van der Waals surface area contributed by atoms with Gasteiger partial charge in [0.15, 0.2) is 5.79 Å². The van der Waals surface area contributed by atoms with Crippen LogP contribution in [0.3, 0.4) is 0 Å². The van der Waals surface area contributed by atoms with E-state index in [9.17, 15) is 30.6 Å². The molecule has 0 aromatic rings. The van der Waals surface area contributed by atoms with Crippen LogP contribution in [-0.2, 0) is 9.47 Å². The van der Waals surface area contributed by atoms with Gasteiger partial charge in [0.05, 0.1) is 36.6 Å². The highest BCUT2D eigenvalue weighted by Gasteiger charge is 2.41. The summed E-state index contributed by atoms with van der Waals surface area (Å²) in [6.45, 7) is 9.58. The van der Waals surface area contributed by atoms with E-state index in [4.69, 9.17) is 31.3 Å². The molecule has 14 heteroatoms. The van der Waals surface area contributed by atoms with Crippen LogP contribution in [0.1, 0.15) is 189 Å². The van der Waals surface area contributed by atoms with Gasteiger partial charge < -0.3 is 55.5 Å². The molecule has 0 bridgehead atoms. The monoisotopic (exact) mass is 1050 g/mol. The number of hydrogen-bond acceptors (Lipinski definition) is 12. The third kappa shape index (κ3) is 38.0. The molecule has 0 amide bonds. The lowest BCUT2D eigenvalue weighted by molar-refractivity contribution is -0.147. The number of terminal acetylenes is 1. The SMILES string of the molecule is C#CC[C@@H](O)[C@H](O)CC1CCCCC1.CC[C@H](O)C#CBr.CC[C@H](O)C#CC#CC[C@@H](O)[C@H](O)CC1CCCCC1.CC[C@H](O)C#CC#CC[C@H]1OC(C)(C)O[C@@H]1CC1CCCCC1.CO.ONCl. The molecule has 0 spiro atoms. The highest BCUT2D eigenvalue weighted by molar-refractivity contribution is 9.12.